The number of unbranched alkanes of at least 4 members (excludes halogenated alkanes) is 2. The monoisotopic (exact) mass is 2120 g/mol. The van der Waals surface area contributed by atoms with Crippen LogP contribution in [0.5, 0.6) is 0 Å². The lowest BCUT2D eigenvalue weighted by Crippen LogP contribution is -2.68. The van der Waals surface area contributed by atoms with Gasteiger partial charge in [0.25, 0.3) is 35.8 Å². The standard InChI is InChI=1S/C22H32O2.C21H32O.C20H30O2.C5H9NO4.6C4H11N5.2C4H7NO4/c1-2-3-4-5-6-7-8-9-10-11-12-13-14-15-16-17-18-19-20-21-22(23)24;1-3-4-5-6-7-8-9-10-11-12-13-14-15-16-17-18-19-20-21(2)22;1-2-3-4-5-6-7-8-9-10-11-12-13-14-15-16-17-18-19-20(21)22;6-3(5(9)10)1-2-4(7)8;6*1-9(2)4(7)8-3(5)6;2*5-2(4(8)9)1-3(6)7/h3-4,6-7,9-10,12-13,15-16,18-19H,2,5,8,11,14,17,20-21H2,1H3,(H,23,24);4-5,7-8,10-11,13-14,16-17,22H,2-3,6,9,12,15,18-20H2,1H3;3-4,6-7,9-10,12-13,15-16H,2,5,8,11,14,17-19H2,1H3,(H,21,22);3H,1-2,6H2,(H,7,8)(H,9,10);6*1-2H3,(H5,5,6,7,8);2*2H,1,5H2,(H,6,7)(H,8,9)/p+6/b4-3-,7-6-,10-9-,13-12-,16-15-,19-18-;5-4-,8-7-,11-10-,14-13-,17-16-;4-3-,7-6-,10-9-,13-12-,16-15-;;;;;;;;;/t;;;3-;;;;;;;2*2-/m...0......00/s1. The fourth-order valence-electron chi connectivity index (χ4n) is 7.78. The van der Waals surface area contributed by atoms with E-state index in [0.29, 0.717) is 48.6 Å². The van der Waals surface area contributed by atoms with Crippen LogP contribution in [0.4, 0.5) is 0 Å². The molecular formula is C100H189N33O17+6. The summed E-state index contributed by atoms with van der Waals surface area (Å²) in [6, 6.07) is -3.22. The van der Waals surface area contributed by atoms with Gasteiger partial charge in [0, 0.05) is 25.7 Å². The molecule has 0 aromatic heterocycles. The van der Waals surface area contributed by atoms with Crippen LogP contribution in [0.3, 0.4) is 0 Å². The van der Waals surface area contributed by atoms with Crippen LogP contribution >= 0.6 is 0 Å². The minimum Gasteiger partial charge on any atom is -0.544 e. The lowest BCUT2D eigenvalue weighted by molar-refractivity contribution is -0.466. The van der Waals surface area contributed by atoms with E-state index in [1.807, 2.05) is 12.2 Å². The Bertz CT molecular complexity index is 4200. The Balaban J connectivity index is -0.000000142. The van der Waals surface area contributed by atoms with Gasteiger partial charge in [-0.15, -0.1) is 0 Å². The molecule has 0 unspecified atom stereocenters. The molecule has 51 N–H and O–H groups in total. The Morgan fingerprint density at radius 1 is 0.247 bits per heavy atom. The van der Waals surface area contributed by atoms with Gasteiger partial charge >= 0.3 is 65.6 Å². The van der Waals surface area contributed by atoms with Crippen LogP contribution in [-0.2, 0) is 38.4 Å². The molecule has 850 valence electrons. The maximum absolute atomic E-state index is 10.3. The van der Waals surface area contributed by atoms with Crippen molar-refractivity contribution in [3.63, 3.8) is 0 Å². The number of carbonyl (C=O) groups is 8. The molecule has 0 aliphatic heterocycles. The van der Waals surface area contributed by atoms with E-state index >= 15 is 0 Å². The van der Waals surface area contributed by atoms with Crippen molar-refractivity contribution in [3.05, 3.63) is 207 Å². The molecular weight excluding hydrogens is 1940 g/mol. The number of hydrogen-bond donors (Lipinski definition) is 27. The molecule has 0 fully saturated rings. The van der Waals surface area contributed by atoms with Gasteiger partial charge in [0.2, 0.25) is 0 Å². The Kier molecular flexibility index (Phi) is 125. The minimum atomic E-state index is -1.43. The van der Waals surface area contributed by atoms with Crippen molar-refractivity contribution < 1.29 is 129 Å². The molecule has 0 saturated carbocycles. The van der Waals surface area contributed by atoms with Gasteiger partial charge in [0.05, 0.1) is 115 Å². The smallest absolute Gasteiger partial charge is 0.387 e. The summed E-state index contributed by atoms with van der Waals surface area (Å²) in [6.07, 6.45) is 89.6. The number of guanidine groups is 12. The first kappa shape index (κ1) is 159. The Labute approximate surface area is 887 Å². The molecule has 50 nitrogen and oxygen atoms in total. The van der Waals surface area contributed by atoms with E-state index < -0.39 is 78.7 Å². The van der Waals surface area contributed by atoms with Crippen LogP contribution in [0.15, 0.2) is 237 Å². The number of nitrogens with zero attached hydrogens (tertiary/aromatic N) is 12. The molecule has 3 atom stereocenters. The van der Waals surface area contributed by atoms with E-state index in [9.17, 15) is 53.7 Å². The van der Waals surface area contributed by atoms with Crippen LogP contribution in [-0.4, -0.2) is 280 Å². The zero-order valence-corrected chi connectivity index (χ0v) is 91.3. The number of aliphatic carboxylic acids is 8. The lowest BCUT2D eigenvalue weighted by atomic mass is 10.2. The number of hydrogen-bond acceptors (Lipinski definition) is 12. The maximum atomic E-state index is 10.3. The quantitative estimate of drug-likeness (QED) is 0.00745. The molecule has 0 aromatic rings. The average molecular weight is 2130 g/mol. The molecule has 0 aromatic carbocycles. The highest BCUT2D eigenvalue weighted by Crippen LogP contribution is 2.05. The fraction of sp³-hybridized carbons (Fsp3) is 0.460. The second-order valence-electron chi connectivity index (χ2n) is 31.4. The van der Waals surface area contributed by atoms with Gasteiger partial charge in [-0.05, 0) is 165 Å². The number of quaternary nitrogens is 3. The average Bonchev–Trinajstić information content (AvgIpc) is 1.02. The van der Waals surface area contributed by atoms with Crippen LogP contribution in [0, 0.1) is 0 Å². The van der Waals surface area contributed by atoms with Gasteiger partial charge in [0.1, 0.15) is 31.0 Å². The van der Waals surface area contributed by atoms with Crippen molar-refractivity contribution in [2.24, 2.45) is 133 Å². The molecule has 0 spiro atoms. The number of aliphatic hydroxyl groups is 1. The van der Waals surface area contributed by atoms with Gasteiger partial charge in [-0.25, -0.2) is 0 Å². The van der Waals surface area contributed by atoms with Crippen molar-refractivity contribution in [3.8, 4) is 0 Å². The largest absolute Gasteiger partial charge is 0.544 e. The first-order valence-electron chi connectivity index (χ1n) is 47.5. The van der Waals surface area contributed by atoms with Gasteiger partial charge in [-0.1, -0.05) is 222 Å². The summed E-state index contributed by atoms with van der Waals surface area (Å²) in [5, 5.41) is 79.6. The number of rotatable bonds is 50. The third-order valence-electron chi connectivity index (χ3n) is 15.8. The molecule has 0 rings (SSSR count). The molecule has 50 heteroatoms. The van der Waals surface area contributed by atoms with Crippen LogP contribution in [0.1, 0.15) is 201 Å². The summed E-state index contributed by atoms with van der Waals surface area (Å²) in [5.74, 6) is -7.08. The van der Waals surface area contributed by atoms with E-state index in [1.54, 1.807) is 112 Å². The topological polar surface area (TPSA) is 971 Å². The van der Waals surface area contributed by atoms with Crippen molar-refractivity contribution in [2.75, 3.05) is 84.6 Å². The van der Waals surface area contributed by atoms with E-state index in [4.69, 9.17) is 134 Å². The number of carboxylic acid groups (broad SMARTS) is 8. The summed E-state index contributed by atoms with van der Waals surface area (Å²) < 4.78 is 9.67. The number of aliphatic imine (C=N–C) groups is 6. The lowest BCUT2D eigenvalue weighted by Gasteiger charge is -2.05. The summed E-state index contributed by atoms with van der Waals surface area (Å²) in [7, 11) is 21.0. The highest BCUT2D eigenvalue weighted by Gasteiger charge is 2.13. The zero-order valence-electron chi connectivity index (χ0n) is 91.3. The van der Waals surface area contributed by atoms with Crippen molar-refractivity contribution in [1.29, 1.82) is 0 Å². The number of allylic oxidation sites excluding steroid dienone is 33. The molecule has 0 bridgehead atoms. The summed E-state index contributed by atoms with van der Waals surface area (Å²) >= 11 is 0. The Morgan fingerprint density at radius 2 is 0.407 bits per heavy atom. The fourth-order valence-corrected chi connectivity index (χ4v) is 7.78. The molecule has 0 saturated heterocycles. The predicted molar refractivity (Wildman–Crippen MR) is 600 cm³/mol. The molecule has 0 aliphatic carbocycles. The molecule has 150 heavy (non-hydrogen) atoms. The predicted octanol–water partition coefficient (Wildman–Crippen LogP) is -2.54. The molecule has 0 radical (unpaired) electrons. The van der Waals surface area contributed by atoms with Crippen molar-refractivity contribution in [2.45, 2.75) is 219 Å². The second kappa shape index (κ2) is 118. The third kappa shape index (κ3) is 168. The van der Waals surface area contributed by atoms with E-state index in [1.165, 1.54) is 0 Å². The number of carboxylic acids is 8. The maximum Gasteiger partial charge on any atom is 0.387 e. The Morgan fingerprint density at radius 3 is 0.533 bits per heavy atom. The minimum absolute atomic E-state index is 0.0255. The number of carbonyl (C=O) groups excluding carboxylic acids is 3. The van der Waals surface area contributed by atoms with Crippen molar-refractivity contribution in [1.82, 2.24) is 0 Å². The van der Waals surface area contributed by atoms with E-state index in [0.717, 1.165) is 128 Å². The number of nitrogens with two attached hydrogens (primary N) is 18. The van der Waals surface area contributed by atoms with Crippen LogP contribution in [0.25, 0.3) is 0 Å². The summed E-state index contributed by atoms with van der Waals surface area (Å²) in [4.78, 5) is 101. The van der Waals surface area contributed by atoms with Gasteiger partial charge in [-0.2, -0.15) is 0 Å². The van der Waals surface area contributed by atoms with E-state index in [-0.39, 0.29) is 67.2 Å². The molecule has 0 heterocycles. The van der Waals surface area contributed by atoms with Gasteiger partial charge < -0.3 is 146 Å². The van der Waals surface area contributed by atoms with Crippen molar-refractivity contribution >= 4 is 119 Å². The van der Waals surface area contributed by atoms with Gasteiger partial charge in [0.15, 0.2) is 0 Å². The summed E-state index contributed by atoms with van der Waals surface area (Å²) in [6.45, 7) is 9.92. The van der Waals surface area contributed by atoms with Crippen LogP contribution in [0.2, 0.25) is 0 Å². The second-order valence-corrected chi connectivity index (χ2v) is 31.4. The zero-order chi connectivity index (χ0) is 118. The normalized spacial score (nSPS) is 11.1. The highest BCUT2D eigenvalue weighted by atomic mass is 16.4. The Hall–Kier alpha value is -16.5. The highest BCUT2D eigenvalue weighted by molar-refractivity contribution is 5.93. The number of aliphatic hydroxyl groups excluding tert-OH is 1. The first-order chi connectivity index (χ1) is 70.1. The van der Waals surface area contributed by atoms with E-state index in [2.05, 4.69) is 257 Å². The summed E-state index contributed by atoms with van der Waals surface area (Å²) in [5.41, 5.74) is 102. The van der Waals surface area contributed by atoms with Gasteiger partial charge in [-0.3, -0.25) is 85.8 Å². The molecule has 0 aliphatic rings. The SMILES string of the molecule is C=C(O)CCC/C=C\C/C=C\C/C=C\C/C=C\C/C=C\CC.CC/C=C\C/C=C\C/C=C\C/C=C\C/C=C\C/C=C\CCC(=O)O.CC/C=C\C/C=C\C/C=C\C/C=C\C/C=C\CCCC(=O)O.C[N+](C)=C(N)N=C(N)N.C[N+](C)=C(N)N=C(N)N.C[N+](C)=C(N)N=C(N)N.C[N+](C)=C(N)N=C(N)N.C[N+](C)=C(N)N=C(N)N.C[N+](C)=C(N)N=C(N)N.[NH3+][C@@H](CC(=O)O)C(=O)[O-].[NH3+][C@@H](CC(=O)O)C(=O)[O-].[NH3+][C@@H](CCC(=O)O)C(=O)[O-]. The first-order valence-corrected chi connectivity index (χ1v) is 47.5. The molecule has 0 amide bonds. The van der Waals surface area contributed by atoms with Crippen LogP contribution < -0.4 is 136 Å². The third-order valence-corrected chi connectivity index (χ3v) is 15.8.